The third kappa shape index (κ3) is 2.12. The molecule has 0 atom stereocenters. The van der Waals surface area contributed by atoms with Crippen LogP contribution >= 0.6 is 0 Å². The minimum absolute atomic E-state index is 0.103. The summed E-state index contributed by atoms with van der Waals surface area (Å²) >= 11 is 0. The summed E-state index contributed by atoms with van der Waals surface area (Å²) in [6.07, 6.45) is 4.13. The summed E-state index contributed by atoms with van der Waals surface area (Å²) in [7, 11) is 1.84. The Kier molecular flexibility index (Phi) is 3.05. The first-order chi connectivity index (χ1) is 11.4. The number of fused-ring (bicyclic) bond motifs is 1. The van der Waals surface area contributed by atoms with Crippen molar-refractivity contribution < 1.29 is 19.4 Å². The summed E-state index contributed by atoms with van der Waals surface area (Å²) in [4.78, 5) is 23.8. The van der Waals surface area contributed by atoms with Gasteiger partial charge in [-0.25, -0.2) is 0 Å². The Morgan fingerprint density at radius 1 is 1.33 bits per heavy atom. The van der Waals surface area contributed by atoms with Crippen LogP contribution in [-0.4, -0.2) is 39.0 Å². The number of benzene rings is 1. The number of amides is 1. The van der Waals surface area contributed by atoms with Gasteiger partial charge >= 0.3 is 5.97 Å². The molecule has 24 heavy (non-hydrogen) atoms. The van der Waals surface area contributed by atoms with Crippen LogP contribution in [0.4, 0.5) is 5.69 Å². The second kappa shape index (κ2) is 4.91. The van der Waals surface area contributed by atoms with Gasteiger partial charge < -0.3 is 15.2 Å². The largest absolute Gasteiger partial charge is 0.481 e. The molecule has 1 saturated carbocycles. The molecule has 3 aliphatic rings. The summed E-state index contributed by atoms with van der Waals surface area (Å²) in [5, 5.41) is 16.2. The molecule has 2 aromatic rings. The molecule has 0 spiro atoms. The van der Waals surface area contributed by atoms with Crippen molar-refractivity contribution in [2.45, 2.75) is 18.4 Å². The van der Waals surface area contributed by atoms with Gasteiger partial charge in [-0.2, -0.15) is 5.10 Å². The SMILES string of the molecule is Cn1cc(-c2cccc(NC(=O)C34CC(C(=O)O)(CO3)C4)c2)cn1. The number of nitrogens with zero attached hydrogens (tertiary/aromatic N) is 2. The van der Waals surface area contributed by atoms with Crippen LogP contribution in [0.5, 0.6) is 0 Å². The van der Waals surface area contributed by atoms with Crippen molar-refractivity contribution in [2.75, 3.05) is 11.9 Å². The highest BCUT2D eigenvalue weighted by atomic mass is 16.5. The van der Waals surface area contributed by atoms with E-state index in [1.807, 2.05) is 31.4 Å². The number of carbonyl (C=O) groups excluding carboxylic acids is 1. The van der Waals surface area contributed by atoms with Gasteiger partial charge in [-0.1, -0.05) is 12.1 Å². The number of hydrogen-bond donors (Lipinski definition) is 2. The molecule has 1 amide bonds. The molecular formula is C17H17N3O4. The minimum atomic E-state index is -0.997. The molecule has 2 aliphatic heterocycles. The fraction of sp³-hybridized carbons (Fsp3) is 0.353. The van der Waals surface area contributed by atoms with E-state index in [0.717, 1.165) is 11.1 Å². The zero-order valence-electron chi connectivity index (χ0n) is 13.2. The lowest BCUT2D eigenvalue weighted by atomic mass is 9.62. The quantitative estimate of drug-likeness (QED) is 0.891. The average molecular weight is 327 g/mol. The van der Waals surface area contributed by atoms with Crippen molar-refractivity contribution in [3.63, 3.8) is 0 Å². The van der Waals surface area contributed by atoms with Crippen molar-refractivity contribution in [3.05, 3.63) is 36.7 Å². The normalized spacial score (nSPS) is 27.5. The maximum Gasteiger partial charge on any atom is 0.312 e. The fourth-order valence-electron chi connectivity index (χ4n) is 3.55. The molecule has 3 heterocycles. The van der Waals surface area contributed by atoms with Crippen LogP contribution in [0.2, 0.25) is 0 Å². The van der Waals surface area contributed by atoms with Gasteiger partial charge in [0.1, 0.15) is 5.60 Å². The molecule has 124 valence electrons. The minimum Gasteiger partial charge on any atom is -0.481 e. The van der Waals surface area contributed by atoms with E-state index in [4.69, 9.17) is 4.74 Å². The third-order valence-electron chi connectivity index (χ3n) is 4.90. The zero-order chi connectivity index (χ0) is 16.9. The third-order valence-corrected chi connectivity index (χ3v) is 4.90. The molecule has 3 fully saturated rings. The smallest absolute Gasteiger partial charge is 0.312 e. The molecular weight excluding hydrogens is 310 g/mol. The van der Waals surface area contributed by atoms with Gasteiger partial charge in [0.15, 0.2) is 0 Å². The van der Waals surface area contributed by atoms with Crippen molar-refractivity contribution in [1.29, 1.82) is 0 Å². The second-order valence-corrected chi connectivity index (χ2v) is 6.66. The van der Waals surface area contributed by atoms with E-state index >= 15 is 0 Å². The second-order valence-electron chi connectivity index (χ2n) is 6.66. The highest BCUT2D eigenvalue weighted by molar-refractivity contribution is 6.01. The van der Waals surface area contributed by atoms with E-state index in [2.05, 4.69) is 10.4 Å². The lowest BCUT2D eigenvalue weighted by molar-refractivity contribution is -0.156. The van der Waals surface area contributed by atoms with Crippen LogP contribution in [0.1, 0.15) is 12.8 Å². The number of rotatable bonds is 4. The van der Waals surface area contributed by atoms with Gasteiger partial charge in [0, 0.05) is 37.3 Å². The number of aryl methyl sites for hydroxylation is 1. The average Bonchev–Trinajstić information content (AvgIpc) is 3.20. The Hall–Kier alpha value is -2.67. The van der Waals surface area contributed by atoms with Crippen LogP contribution in [0, 0.1) is 5.41 Å². The van der Waals surface area contributed by atoms with E-state index in [1.165, 1.54) is 0 Å². The number of hydrogen-bond acceptors (Lipinski definition) is 4. The zero-order valence-corrected chi connectivity index (χ0v) is 13.2. The molecule has 2 saturated heterocycles. The predicted octanol–water partition coefficient (Wildman–Crippen LogP) is 1.66. The standard InChI is InChI=1S/C17H17N3O4/c1-20-7-12(6-18-20)11-3-2-4-13(5-11)19-14(21)17-8-16(9-17,10-24-17)15(22)23/h2-7H,8-10H2,1H3,(H,19,21)(H,22,23). The maximum absolute atomic E-state index is 12.5. The molecule has 1 aromatic carbocycles. The molecule has 2 bridgehead atoms. The number of carbonyl (C=O) groups is 2. The Labute approximate surface area is 138 Å². The van der Waals surface area contributed by atoms with Crippen molar-refractivity contribution in [3.8, 4) is 11.1 Å². The van der Waals surface area contributed by atoms with Gasteiger partial charge in [-0.15, -0.1) is 0 Å². The molecule has 0 unspecified atom stereocenters. The summed E-state index contributed by atoms with van der Waals surface area (Å²) in [5.74, 6) is -1.16. The Balaban J connectivity index is 1.51. The molecule has 7 nitrogen and oxygen atoms in total. The Bertz CT molecular complexity index is 836. The van der Waals surface area contributed by atoms with Crippen molar-refractivity contribution in [1.82, 2.24) is 9.78 Å². The highest BCUT2D eigenvalue weighted by Gasteiger charge is 2.70. The maximum atomic E-state index is 12.5. The molecule has 7 heteroatoms. The summed E-state index contributed by atoms with van der Waals surface area (Å²) in [6.45, 7) is 0.103. The Morgan fingerprint density at radius 3 is 2.75 bits per heavy atom. The number of nitrogens with one attached hydrogen (secondary N) is 1. The van der Waals surface area contributed by atoms with Crippen LogP contribution in [-0.2, 0) is 21.4 Å². The number of anilines is 1. The van der Waals surface area contributed by atoms with Crippen LogP contribution < -0.4 is 5.32 Å². The number of carboxylic acids is 1. The fourth-order valence-corrected chi connectivity index (χ4v) is 3.55. The summed E-state index contributed by atoms with van der Waals surface area (Å²) in [5.41, 5.74) is 0.674. The molecule has 1 aromatic heterocycles. The highest BCUT2D eigenvalue weighted by Crippen LogP contribution is 2.58. The first-order valence-electron chi connectivity index (χ1n) is 7.70. The lowest BCUT2D eigenvalue weighted by Gasteiger charge is -2.40. The van der Waals surface area contributed by atoms with Gasteiger partial charge in [-0.05, 0) is 17.7 Å². The van der Waals surface area contributed by atoms with Crippen LogP contribution in [0.3, 0.4) is 0 Å². The summed E-state index contributed by atoms with van der Waals surface area (Å²) in [6, 6.07) is 7.46. The van der Waals surface area contributed by atoms with E-state index in [-0.39, 0.29) is 25.4 Å². The van der Waals surface area contributed by atoms with E-state index in [9.17, 15) is 14.7 Å². The van der Waals surface area contributed by atoms with E-state index < -0.39 is 17.0 Å². The topological polar surface area (TPSA) is 93.5 Å². The molecule has 0 radical (unpaired) electrons. The first kappa shape index (κ1) is 14.9. The van der Waals surface area contributed by atoms with Gasteiger partial charge in [0.25, 0.3) is 5.91 Å². The number of aliphatic carboxylic acids is 1. The molecule has 1 aliphatic carbocycles. The Morgan fingerprint density at radius 2 is 2.12 bits per heavy atom. The van der Waals surface area contributed by atoms with Crippen molar-refractivity contribution in [2.24, 2.45) is 12.5 Å². The van der Waals surface area contributed by atoms with Gasteiger partial charge in [-0.3, -0.25) is 14.3 Å². The summed E-state index contributed by atoms with van der Waals surface area (Å²) < 4.78 is 7.24. The van der Waals surface area contributed by atoms with Crippen molar-refractivity contribution >= 4 is 17.6 Å². The van der Waals surface area contributed by atoms with Crippen LogP contribution in [0.15, 0.2) is 36.7 Å². The lowest BCUT2D eigenvalue weighted by Crippen LogP contribution is -2.55. The van der Waals surface area contributed by atoms with E-state index in [1.54, 1.807) is 16.9 Å². The first-order valence-corrected chi connectivity index (χ1v) is 7.70. The predicted molar refractivity (Wildman–Crippen MR) is 85.3 cm³/mol. The molecule has 2 N–H and O–H groups in total. The number of carboxylic acid groups (broad SMARTS) is 1. The molecule has 5 rings (SSSR count). The van der Waals surface area contributed by atoms with Gasteiger partial charge in [0.2, 0.25) is 0 Å². The van der Waals surface area contributed by atoms with Gasteiger partial charge in [0.05, 0.1) is 18.2 Å². The number of ether oxygens (including phenoxy) is 1. The van der Waals surface area contributed by atoms with E-state index in [0.29, 0.717) is 5.69 Å². The monoisotopic (exact) mass is 327 g/mol. The van der Waals surface area contributed by atoms with Crippen LogP contribution in [0.25, 0.3) is 11.1 Å². The number of aromatic nitrogens is 2.